The first-order valence-corrected chi connectivity index (χ1v) is 5.20. The first kappa shape index (κ1) is 10.8. The number of rotatable bonds is 2. The van der Waals surface area contributed by atoms with Crippen LogP contribution in [0, 0.1) is 5.92 Å². The highest BCUT2D eigenvalue weighted by Crippen LogP contribution is 2.24. The predicted molar refractivity (Wildman–Crippen MR) is 59.4 cm³/mol. The van der Waals surface area contributed by atoms with Gasteiger partial charge in [-0.2, -0.15) is 0 Å². The van der Waals surface area contributed by atoms with Crippen molar-refractivity contribution in [2.24, 2.45) is 15.9 Å². The van der Waals surface area contributed by atoms with E-state index < -0.39 is 17.5 Å². The van der Waals surface area contributed by atoms with Crippen molar-refractivity contribution in [2.45, 2.75) is 26.3 Å². The van der Waals surface area contributed by atoms with Gasteiger partial charge in [-0.3, -0.25) is 15.0 Å². The summed E-state index contributed by atoms with van der Waals surface area (Å²) >= 11 is 0. The number of hydrogen-bond donors (Lipinski definition) is 1. The minimum absolute atomic E-state index is 0.298. The number of amides is 3. The molecule has 1 saturated heterocycles. The third-order valence-corrected chi connectivity index (χ3v) is 2.64. The molecule has 2 heterocycles. The van der Waals surface area contributed by atoms with Crippen LogP contribution in [0.15, 0.2) is 9.98 Å². The summed E-state index contributed by atoms with van der Waals surface area (Å²) < 4.78 is 0. The maximum Gasteiger partial charge on any atom is 0.329 e. The zero-order chi connectivity index (χ0) is 11.9. The fourth-order valence-corrected chi connectivity index (χ4v) is 1.79. The quantitative estimate of drug-likeness (QED) is 0.734. The standard InChI is InChI=1S/C10H14N4O2/c1-6(2)4-14-7-10(3,12-5-11-7)8(15)13-9(14)16/h5-6H,4H2,1-3H3,(H,13,15,16). The molecule has 1 atom stereocenters. The lowest BCUT2D eigenvalue weighted by Gasteiger charge is -2.36. The molecule has 0 radical (unpaired) electrons. The normalized spacial score (nSPS) is 28.2. The average Bonchev–Trinajstić information content (AvgIpc) is 2.56. The molecule has 0 saturated carbocycles. The lowest BCUT2D eigenvalue weighted by molar-refractivity contribution is -0.123. The molecule has 1 unspecified atom stereocenters. The van der Waals surface area contributed by atoms with E-state index in [2.05, 4.69) is 15.3 Å². The Morgan fingerprint density at radius 1 is 1.50 bits per heavy atom. The highest BCUT2D eigenvalue weighted by Gasteiger charge is 2.50. The minimum Gasteiger partial charge on any atom is -0.279 e. The smallest absolute Gasteiger partial charge is 0.279 e. The number of carbonyl (C=O) groups excluding carboxylic acids is 2. The maximum atomic E-state index is 11.7. The fourth-order valence-electron chi connectivity index (χ4n) is 1.79. The van der Waals surface area contributed by atoms with Gasteiger partial charge in [-0.1, -0.05) is 13.8 Å². The van der Waals surface area contributed by atoms with E-state index >= 15 is 0 Å². The van der Waals surface area contributed by atoms with Crippen LogP contribution >= 0.6 is 0 Å². The lowest BCUT2D eigenvalue weighted by atomic mass is 9.97. The van der Waals surface area contributed by atoms with Crippen molar-refractivity contribution in [2.75, 3.05) is 6.54 Å². The molecule has 1 N–H and O–H groups in total. The molecular formula is C10H14N4O2. The van der Waals surface area contributed by atoms with Crippen LogP contribution in [0.1, 0.15) is 20.8 Å². The topological polar surface area (TPSA) is 74.1 Å². The Morgan fingerprint density at radius 3 is 2.81 bits per heavy atom. The van der Waals surface area contributed by atoms with Gasteiger partial charge in [0.1, 0.15) is 6.34 Å². The van der Waals surface area contributed by atoms with E-state index in [0.29, 0.717) is 18.3 Å². The minimum atomic E-state index is -1.04. The molecule has 0 aliphatic carbocycles. The zero-order valence-corrected chi connectivity index (χ0v) is 9.52. The van der Waals surface area contributed by atoms with Crippen LogP contribution in [-0.4, -0.2) is 41.1 Å². The summed E-state index contributed by atoms with van der Waals surface area (Å²) in [6, 6.07) is -0.416. The number of fused-ring (bicyclic) bond motifs is 1. The Morgan fingerprint density at radius 2 is 2.19 bits per heavy atom. The SMILES string of the molecule is CC(C)CN1C(=O)NC(=O)C2(C)N=CN=C12. The first-order chi connectivity index (χ1) is 7.45. The third-order valence-electron chi connectivity index (χ3n) is 2.64. The van der Waals surface area contributed by atoms with Crippen LogP contribution in [0.25, 0.3) is 0 Å². The molecule has 16 heavy (non-hydrogen) atoms. The number of hydrogen-bond acceptors (Lipinski definition) is 4. The summed E-state index contributed by atoms with van der Waals surface area (Å²) in [5.41, 5.74) is -1.04. The second-order valence-electron chi connectivity index (χ2n) is 4.53. The van der Waals surface area contributed by atoms with Crippen molar-refractivity contribution in [3.05, 3.63) is 0 Å². The van der Waals surface area contributed by atoms with Crippen molar-refractivity contribution in [3.63, 3.8) is 0 Å². The summed E-state index contributed by atoms with van der Waals surface area (Å²) in [5.74, 6) is 0.312. The van der Waals surface area contributed by atoms with Crippen molar-refractivity contribution in [1.82, 2.24) is 10.2 Å². The molecule has 0 spiro atoms. The third kappa shape index (κ3) is 1.41. The van der Waals surface area contributed by atoms with Gasteiger partial charge >= 0.3 is 6.03 Å². The van der Waals surface area contributed by atoms with Crippen LogP contribution in [0.4, 0.5) is 4.79 Å². The molecule has 0 aromatic heterocycles. The van der Waals surface area contributed by atoms with E-state index in [9.17, 15) is 9.59 Å². The van der Waals surface area contributed by atoms with Crippen LogP contribution in [0.3, 0.4) is 0 Å². The molecule has 2 rings (SSSR count). The zero-order valence-electron chi connectivity index (χ0n) is 9.52. The molecule has 0 bridgehead atoms. The van der Waals surface area contributed by atoms with Crippen molar-refractivity contribution in [1.29, 1.82) is 0 Å². The van der Waals surface area contributed by atoms with Gasteiger partial charge in [-0.05, 0) is 12.8 Å². The van der Waals surface area contributed by atoms with E-state index in [1.54, 1.807) is 6.92 Å². The summed E-state index contributed by atoms with van der Waals surface area (Å²) in [5, 5.41) is 2.30. The molecule has 0 aromatic rings. The van der Waals surface area contributed by atoms with Gasteiger partial charge in [0.05, 0.1) is 0 Å². The van der Waals surface area contributed by atoms with E-state index in [1.807, 2.05) is 13.8 Å². The Balaban J connectivity index is 2.34. The number of aliphatic imine (C=N–C) groups is 2. The van der Waals surface area contributed by atoms with Crippen LogP contribution < -0.4 is 5.32 Å². The van der Waals surface area contributed by atoms with E-state index in [4.69, 9.17) is 0 Å². The molecule has 2 aliphatic heterocycles. The molecule has 1 fully saturated rings. The Labute approximate surface area is 93.4 Å². The second-order valence-corrected chi connectivity index (χ2v) is 4.53. The summed E-state index contributed by atoms with van der Waals surface area (Å²) in [6.07, 6.45) is 1.33. The van der Waals surface area contributed by atoms with Crippen LogP contribution in [0.2, 0.25) is 0 Å². The second kappa shape index (κ2) is 3.40. The van der Waals surface area contributed by atoms with Gasteiger partial charge < -0.3 is 0 Å². The number of nitrogens with one attached hydrogen (secondary N) is 1. The Kier molecular flexibility index (Phi) is 2.29. The van der Waals surface area contributed by atoms with Crippen molar-refractivity contribution in [3.8, 4) is 0 Å². The highest BCUT2D eigenvalue weighted by atomic mass is 16.2. The van der Waals surface area contributed by atoms with Crippen LogP contribution in [0.5, 0.6) is 0 Å². The van der Waals surface area contributed by atoms with Crippen molar-refractivity contribution >= 4 is 24.1 Å². The van der Waals surface area contributed by atoms with Gasteiger partial charge in [0.15, 0.2) is 11.4 Å². The van der Waals surface area contributed by atoms with Gasteiger partial charge in [-0.25, -0.2) is 14.8 Å². The maximum absolute atomic E-state index is 11.7. The molecule has 6 heteroatoms. The van der Waals surface area contributed by atoms with Gasteiger partial charge in [0.2, 0.25) is 0 Å². The van der Waals surface area contributed by atoms with E-state index in [1.165, 1.54) is 11.2 Å². The highest BCUT2D eigenvalue weighted by molar-refractivity contribution is 6.26. The number of carbonyl (C=O) groups is 2. The molecule has 3 amide bonds. The molecule has 86 valence electrons. The largest absolute Gasteiger partial charge is 0.329 e. The number of amidine groups is 1. The molecular weight excluding hydrogens is 208 g/mol. The number of urea groups is 1. The fraction of sp³-hybridized carbons (Fsp3) is 0.600. The molecule has 2 aliphatic rings. The first-order valence-electron chi connectivity index (χ1n) is 5.20. The lowest BCUT2D eigenvalue weighted by Crippen LogP contribution is -2.65. The van der Waals surface area contributed by atoms with Crippen molar-refractivity contribution < 1.29 is 9.59 Å². The summed E-state index contributed by atoms with van der Waals surface area (Å²) in [4.78, 5) is 32.9. The van der Waals surface area contributed by atoms with Gasteiger partial charge in [-0.15, -0.1) is 0 Å². The Bertz CT molecular complexity index is 413. The monoisotopic (exact) mass is 222 g/mol. The summed E-state index contributed by atoms with van der Waals surface area (Å²) in [7, 11) is 0. The molecule has 0 aromatic carbocycles. The summed E-state index contributed by atoms with van der Waals surface area (Å²) in [6.45, 7) is 6.18. The Hall–Kier alpha value is -1.72. The average molecular weight is 222 g/mol. The van der Waals surface area contributed by atoms with Gasteiger partial charge in [0, 0.05) is 6.54 Å². The molecule has 6 nitrogen and oxygen atoms in total. The number of imide groups is 1. The van der Waals surface area contributed by atoms with Gasteiger partial charge in [0.25, 0.3) is 5.91 Å². The predicted octanol–water partition coefficient (Wildman–Crippen LogP) is 0.393. The van der Waals surface area contributed by atoms with E-state index in [-0.39, 0.29) is 0 Å². The van der Waals surface area contributed by atoms with E-state index in [0.717, 1.165) is 0 Å². The van der Waals surface area contributed by atoms with Crippen LogP contribution in [-0.2, 0) is 4.79 Å². The number of nitrogens with zero attached hydrogens (tertiary/aromatic N) is 3.